The van der Waals surface area contributed by atoms with Crippen molar-refractivity contribution in [1.29, 1.82) is 0 Å². The second kappa shape index (κ2) is 6.16. The third kappa shape index (κ3) is 2.74. The molecule has 7 heteroatoms. The number of nitrogens with zero attached hydrogens (tertiary/aromatic N) is 1. The van der Waals surface area contributed by atoms with Crippen LogP contribution in [0.15, 0.2) is 41.3 Å². The van der Waals surface area contributed by atoms with Crippen LogP contribution in [-0.2, 0) is 14.8 Å². The van der Waals surface area contributed by atoms with Gasteiger partial charge < -0.3 is 9.84 Å². The van der Waals surface area contributed by atoms with Crippen LogP contribution in [0.3, 0.4) is 0 Å². The van der Waals surface area contributed by atoms with Gasteiger partial charge in [-0.25, -0.2) is 12.8 Å². The Bertz CT molecular complexity index is 824. The molecule has 0 radical (unpaired) electrons. The van der Waals surface area contributed by atoms with Crippen LogP contribution in [0.25, 0.3) is 10.8 Å². The summed E-state index contributed by atoms with van der Waals surface area (Å²) in [5, 5.41) is 10.3. The summed E-state index contributed by atoms with van der Waals surface area (Å²) in [5.74, 6) is -0.763. The first kappa shape index (κ1) is 16.3. The maximum Gasteiger partial charge on any atom is 0.246 e. The lowest BCUT2D eigenvalue weighted by atomic mass is 10.1. The second-order valence-electron chi connectivity index (χ2n) is 5.60. The van der Waals surface area contributed by atoms with Gasteiger partial charge in [-0.05, 0) is 17.9 Å². The minimum Gasteiger partial charge on any atom is -0.395 e. The van der Waals surface area contributed by atoms with Crippen LogP contribution >= 0.6 is 0 Å². The highest BCUT2D eigenvalue weighted by molar-refractivity contribution is 7.89. The van der Waals surface area contributed by atoms with E-state index in [0.29, 0.717) is 11.8 Å². The summed E-state index contributed by atoms with van der Waals surface area (Å²) in [6.07, 6.45) is 0.0898. The van der Waals surface area contributed by atoms with Crippen molar-refractivity contribution >= 4 is 20.8 Å². The van der Waals surface area contributed by atoms with Gasteiger partial charge in [0.15, 0.2) is 5.82 Å². The Hall–Kier alpha value is -1.54. The number of rotatable bonds is 4. The van der Waals surface area contributed by atoms with Crippen LogP contribution in [0.2, 0.25) is 0 Å². The van der Waals surface area contributed by atoms with Gasteiger partial charge in [-0.3, -0.25) is 0 Å². The number of benzene rings is 2. The van der Waals surface area contributed by atoms with E-state index in [0.717, 1.165) is 4.31 Å². The van der Waals surface area contributed by atoms with Gasteiger partial charge in [0.25, 0.3) is 0 Å². The molecule has 0 unspecified atom stereocenters. The van der Waals surface area contributed by atoms with Crippen molar-refractivity contribution in [2.24, 2.45) is 0 Å². The zero-order chi connectivity index (χ0) is 16.6. The highest BCUT2D eigenvalue weighted by Crippen LogP contribution is 2.31. The minimum atomic E-state index is -4.05. The largest absolute Gasteiger partial charge is 0.395 e. The molecule has 1 aliphatic rings. The molecule has 1 aliphatic heterocycles. The lowest BCUT2D eigenvalue weighted by Crippen LogP contribution is -2.38. The standard InChI is InChI=1S/C16H18FNO4S/c1-22-13-8-12(10-19)18(9-13)23(20,21)15-7-6-11-4-2-3-5-14(11)16(15)17/h2-7,12-13,19H,8-10H2,1H3/t12-,13+/m0/s1. The van der Waals surface area contributed by atoms with Crippen molar-refractivity contribution in [2.45, 2.75) is 23.5 Å². The number of methoxy groups -OCH3 is 1. The topological polar surface area (TPSA) is 66.8 Å². The van der Waals surface area contributed by atoms with Crippen molar-refractivity contribution < 1.29 is 22.7 Å². The van der Waals surface area contributed by atoms with Gasteiger partial charge in [-0.2, -0.15) is 4.31 Å². The Morgan fingerprint density at radius 3 is 2.74 bits per heavy atom. The summed E-state index contributed by atoms with van der Waals surface area (Å²) in [6.45, 7) is -0.218. The molecule has 5 nitrogen and oxygen atoms in total. The number of sulfonamides is 1. The van der Waals surface area contributed by atoms with E-state index < -0.39 is 21.9 Å². The Balaban J connectivity index is 2.08. The predicted octanol–water partition coefficient (Wildman–Crippen LogP) is 1.75. The van der Waals surface area contributed by atoms with E-state index >= 15 is 0 Å². The zero-order valence-electron chi connectivity index (χ0n) is 12.6. The fourth-order valence-corrected chi connectivity index (χ4v) is 4.75. The number of hydrogen-bond donors (Lipinski definition) is 1. The summed E-state index contributed by atoms with van der Waals surface area (Å²) in [5.41, 5.74) is 0. The smallest absolute Gasteiger partial charge is 0.246 e. The maximum atomic E-state index is 14.7. The Morgan fingerprint density at radius 1 is 1.30 bits per heavy atom. The predicted molar refractivity (Wildman–Crippen MR) is 84.1 cm³/mol. The van der Waals surface area contributed by atoms with Gasteiger partial charge in [0.2, 0.25) is 10.0 Å². The van der Waals surface area contributed by atoms with E-state index in [-0.39, 0.29) is 29.5 Å². The summed E-state index contributed by atoms with van der Waals surface area (Å²) in [7, 11) is -2.55. The van der Waals surface area contributed by atoms with E-state index in [9.17, 15) is 17.9 Å². The fourth-order valence-electron chi connectivity index (χ4n) is 3.02. The van der Waals surface area contributed by atoms with Crippen molar-refractivity contribution in [3.05, 3.63) is 42.2 Å². The zero-order valence-corrected chi connectivity index (χ0v) is 13.5. The minimum absolute atomic E-state index is 0.107. The van der Waals surface area contributed by atoms with Crippen LogP contribution in [0.4, 0.5) is 4.39 Å². The molecular weight excluding hydrogens is 321 g/mol. The third-order valence-electron chi connectivity index (χ3n) is 4.28. The highest BCUT2D eigenvalue weighted by Gasteiger charge is 2.41. The number of halogens is 1. The number of aliphatic hydroxyl groups excluding tert-OH is 1. The third-order valence-corrected chi connectivity index (χ3v) is 6.22. The SMILES string of the molecule is CO[C@@H]1C[C@@H](CO)N(S(=O)(=O)c2ccc3ccccc3c2F)C1. The summed E-state index contributed by atoms with van der Waals surface area (Å²) in [6, 6.07) is 8.97. The first-order valence-corrected chi connectivity index (χ1v) is 8.75. The van der Waals surface area contributed by atoms with Crippen molar-refractivity contribution in [3.63, 3.8) is 0 Å². The number of aliphatic hydroxyl groups is 1. The molecule has 0 aromatic heterocycles. The monoisotopic (exact) mass is 339 g/mol. The van der Waals surface area contributed by atoms with Gasteiger partial charge in [-0.1, -0.05) is 30.3 Å². The van der Waals surface area contributed by atoms with Gasteiger partial charge in [-0.15, -0.1) is 0 Å². The van der Waals surface area contributed by atoms with E-state index in [1.54, 1.807) is 30.3 Å². The lowest BCUT2D eigenvalue weighted by molar-refractivity contribution is 0.113. The number of hydrogen-bond acceptors (Lipinski definition) is 4. The fraction of sp³-hybridized carbons (Fsp3) is 0.375. The van der Waals surface area contributed by atoms with Gasteiger partial charge in [0, 0.05) is 19.0 Å². The van der Waals surface area contributed by atoms with E-state index in [4.69, 9.17) is 4.74 Å². The van der Waals surface area contributed by atoms with Crippen LogP contribution in [0.1, 0.15) is 6.42 Å². The van der Waals surface area contributed by atoms with Crippen molar-refractivity contribution in [1.82, 2.24) is 4.31 Å². The maximum absolute atomic E-state index is 14.7. The molecule has 2 atom stereocenters. The summed E-state index contributed by atoms with van der Waals surface area (Å²) in [4.78, 5) is -0.369. The molecule has 124 valence electrons. The summed E-state index contributed by atoms with van der Waals surface area (Å²) >= 11 is 0. The molecule has 2 aromatic rings. The molecule has 1 fully saturated rings. The molecule has 0 spiro atoms. The van der Waals surface area contributed by atoms with Gasteiger partial charge >= 0.3 is 0 Å². The molecule has 1 heterocycles. The quantitative estimate of drug-likeness (QED) is 0.922. The molecule has 0 bridgehead atoms. The first-order chi connectivity index (χ1) is 11.0. The molecule has 0 aliphatic carbocycles. The Labute approximate surface area is 134 Å². The lowest BCUT2D eigenvalue weighted by Gasteiger charge is -2.22. The molecular formula is C16H18FNO4S. The van der Waals surface area contributed by atoms with E-state index in [2.05, 4.69) is 0 Å². The highest BCUT2D eigenvalue weighted by atomic mass is 32.2. The summed E-state index contributed by atoms with van der Waals surface area (Å²) < 4.78 is 46.8. The van der Waals surface area contributed by atoms with Gasteiger partial charge in [0.1, 0.15) is 4.90 Å². The molecule has 1 N–H and O–H groups in total. The molecule has 1 saturated heterocycles. The molecule has 3 rings (SSSR count). The Morgan fingerprint density at radius 2 is 2.04 bits per heavy atom. The molecule has 0 saturated carbocycles. The van der Waals surface area contributed by atoms with Crippen LogP contribution in [0.5, 0.6) is 0 Å². The first-order valence-electron chi connectivity index (χ1n) is 7.31. The van der Waals surface area contributed by atoms with Crippen LogP contribution in [-0.4, -0.2) is 50.2 Å². The van der Waals surface area contributed by atoms with E-state index in [1.165, 1.54) is 13.2 Å². The molecule has 0 amide bonds. The average Bonchev–Trinajstić information content (AvgIpc) is 2.99. The van der Waals surface area contributed by atoms with Gasteiger partial charge in [0.05, 0.1) is 18.8 Å². The number of fused-ring (bicyclic) bond motifs is 1. The molecule has 23 heavy (non-hydrogen) atoms. The van der Waals surface area contributed by atoms with Crippen LogP contribution in [0, 0.1) is 5.82 Å². The molecule has 2 aromatic carbocycles. The normalized spacial score (nSPS) is 22.7. The van der Waals surface area contributed by atoms with E-state index in [1.807, 2.05) is 0 Å². The number of ether oxygens (including phenoxy) is 1. The van der Waals surface area contributed by atoms with Crippen molar-refractivity contribution in [2.75, 3.05) is 20.3 Å². The second-order valence-corrected chi connectivity index (χ2v) is 7.46. The van der Waals surface area contributed by atoms with Crippen LogP contribution < -0.4 is 0 Å². The van der Waals surface area contributed by atoms with Crippen molar-refractivity contribution in [3.8, 4) is 0 Å². The average molecular weight is 339 g/mol. The Kier molecular flexibility index (Phi) is 4.37.